The Bertz CT molecular complexity index is 1110. The van der Waals surface area contributed by atoms with Crippen molar-refractivity contribution in [3.05, 3.63) is 83.0 Å². The molecule has 1 aromatic carbocycles. The minimum Gasteiger partial charge on any atom is -0.626 e. The lowest BCUT2D eigenvalue weighted by Crippen LogP contribution is -3.16. The van der Waals surface area contributed by atoms with Gasteiger partial charge in [-0.3, -0.25) is 14.8 Å². The number of nitrogens with zero attached hydrogens (tertiary/aromatic N) is 4. The summed E-state index contributed by atoms with van der Waals surface area (Å²) >= 11 is 0. The summed E-state index contributed by atoms with van der Waals surface area (Å²) in [7, 11) is 0. The SMILES string of the molecule is NC(=O)C(O)C(Cc1ccccc1)[NH+]([O-])C(=O)c1cccnc1-n1ccc(CN2CCC2)n1. The summed E-state index contributed by atoms with van der Waals surface area (Å²) < 4.78 is 1.46. The highest BCUT2D eigenvalue weighted by Gasteiger charge is 2.35. The zero-order valence-corrected chi connectivity index (χ0v) is 18.0. The van der Waals surface area contributed by atoms with Gasteiger partial charge in [0.15, 0.2) is 11.9 Å². The van der Waals surface area contributed by atoms with Crippen molar-refractivity contribution in [3.63, 3.8) is 0 Å². The summed E-state index contributed by atoms with van der Waals surface area (Å²) in [4.78, 5) is 31.4. The molecule has 3 aromatic rings. The fourth-order valence-electron chi connectivity index (χ4n) is 3.80. The summed E-state index contributed by atoms with van der Waals surface area (Å²) in [6.45, 7) is 2.76. The van der Waals surface area contributed by atoms with Crippen molar-refractivity contribution in [2.45, 2.75) is 31.5 Å². The molecule has 33 heavy (non-hydrogen) atoms. The Morgan fingerprint density at radius 1 is 1.15 bits per heavy atom. The molecule has 0 radical (unpaired) electrons. The zero-order valence-electron chi connectivity index (χ0n) is 18.0. The molecule has 0 saturated carbocycles. The number of carbonyl (C=O) groups excluding carboxylic acids is 2. The van der Waals surface area contributed by atoms with Crippen LogP contribution >= 0.6 is 0 Å². The summed E-state index contributed by atoms with van der Waals surface area (Å²) in [6, 6.07) is 12.4. The van der Waals surface area contributed by atoms with Crippen LogP contribution < -0.4 is 10.8 Å². The van der Waals surface area contributed by atoms with Gasteiger partial charge < -0.3 is 16.0 Å². The number of amides is 2. The molecule has 0 bridgehead atoms. The van der Waals surface area contributed by atoms with Gasteiger partial charge in [-0.2, -0.15) is 5.10 Å². The van der Waals surface area contributed by atoms with Crippen LogP contribution in [0.25, 0.3) is 5.82 Å². The van der Waals surface area contributed by atoms with Crippen LogP contribution in [0, 0.1) is 5.21 Å². The molecule has 10 heteroatoms. The Labute approximate surface area is 190 Å². The number of likely N-dealkylation sites (tertiary alicyclic amines) is 1. The normalized spacial score (nSPS) is 16.5. The highest BCUT2D eigenvalue weighted by atomic mass is 16.5. The van der Waals surface area contributed by atoms with Crippen molar-refractivity contribution in [2.75, 3.05) is 13.1 Å². The molecule has 4 N–H and O–H groups in total. The first-order chi connectivity index (χ1) is 15.9. The number of rotatable bonds is 9. The van der Waals surface area contributed by atoms with Gasteiger partial charge in [0.2, 0.25) is 0 Å². The van der Waals surface area contributed by atoms with E-state index < -0.39 is 29.0 Å². The molecule has 172 valence electrons. The number of pyridine rings is 1. The van der Waals surface area contributed by atoms with Gasteiger partial charge in [0.25, 0.3) is 5.91 Å². The number of benzene rings is 1. The number of hydroxylamine groups is 2. The van der Waals surface area contributed by atoms with Gasteiger partial charge in [0, 0.05) is 25.4 Å². The largest absolute Gasteiger partial charge is 0.626 e. The van der Waals surface area contributed by atoms with Gasteiger partial charge in [-0.05, 0) is 43.3 Å². The number of aliphatic hydroxyl groups excluding tert-OH is 1. The van der Waals surface area contributed by atoms with E-state index >= 15 is 0 Å². The average Bonchev–Trinajstić information content (AvgIpc) is 3.28. The third-order valence-electron chi connectivity index (χ3n) is 5.76. The first kappa shape index (κ1) is 22.7. The molecule has 1 aliphatic heterocycles. The topological polar surface area (TPSA) is 142 Å². The third kappa shape index (κ3) is 5.15. The first-order valence-corrected chi connectivity index (χ1v) is 10.8. The molecular weight excluding hydrogens is 424 g/mol. The molecule has 3 atom stereocenters. The Morgan fingerprint density at radius 3 is 2.58 bits per heavy atom. The van der Waals surface area contributed by atoms with E-state index in [1.54, 1.807) is 42.6 Å². The summed E-state index contributed by atoms with van der Waals surface area (Å²) in [5, 5.41) is 27.1. The van der Waals surface area contributed by atoms with Gasteiger partial charge in [0.05, 0.1) is 5.69 Å². The van der Waals surface area contributed by atoms with E-state index in [2.05, 4.69) is 15.0 Å². The lowest BCUT2D eigenvalue weighted by molar-refractivity contribution is -0.792. The van der Waals surface area contributed by atoms with Crippen molar-refractivity contribution in [1.82, 2.24) is 19.7 Å². The number of nitrogens with two attached hydrogens (primary N) is 1. The number of hydrogen-bond donors (Lipinski definition) is 3. The van der Waals surface area contributed by atoms with E-state index in [4.69, 9.17) is 5.73 Å². The fourth-order valence-corrected chi connectivity index (χ4v) is 3.80. The number of quaternary nitrogens is 1. The molecule has 3 heterocycles. The van der Waals surface area contributed by atoms with Crippen LogP contribution in [0.2, 0.25) is 0 Å². The lowest BCUT2D eigenvalue weighted by atomic mass is 10.00. The van der Waals surface area contributed by atoms with E-state index in [-0.39, 0.29) is 17.8 Å². The zero-order chi connectivity index (χ0) is 23.4. The second-order valence-corrected chi connectivity index (χ2v) is 8.09. The van der Waals surface area contributed by atoms with Gasteiger partial charge in [0.1, 0.15) is 11.6 Å². The van der Waals surface area contributed by atoms with Gasteiger partial charge in [-0.15, -0.1) is 0 Å². The molecule has 0 spiro atoms. The number of aliphatic hydroxyl groups is 1. The van der Waals surface area contributed by atoms with Crippen molar-refractivity contribution < 1.29 is 19.8 Å². The van der Waals surface area contributed by atoms with E-state index in [0.717, 1.165) is 18.8 Å². The Hall–Kier alpha value is -3.44. The molecule has 4 rings (SSSR count). The molecule has 1 saturated heterocycles. The molecule has 3 unspecified atom stereocenters. The maximum atomic E-state index is 13.2. The number of aromatic nitrogens is 3. The van der Waals surface area contributed by atoms with E-state index in [1.807, 2.05) is 6.07 Å². The lowest BCUT2D eigenvalue weighted by Gasteiger charge is -2.31. The van der Waals surface area contributed by atoms with Gasteiger partial charge in [-0.1, -0.05) is 30.3 Å². The van der Waals surface area contributed by atoms with Crippen LogP contribution in [-0.4, -0.2) is 61.8 Å². The van der Waals surface area contributed by atoms with E-state index in [9.17, 15) is 19.9 Å². The Morgan fingerprint density at radius 2 is 1.91 bits per heavy atom. The molecule has 1 fully saturated rings. The van der Waals surface area contributed by atoms with Crippen LogP contribution in [0.3, 0.4) is 0 Å². The second-order valence-electron chi connectivity index (χ2n) is 8.09. The van der Waals surface area contributed by atoms with Crippen LogP contribution in [0.1, 0.15) is 28.0 Å². The monoisotopic (exact) mass is 450 g/mol. The number of primary amides is 1. The van der Waals surface area contributed by atoms with Crippen molar-refractivity contribution in [1.29, 1.82) is 0 Å². The van der Waals surface area contributed by atoms with Crippen LogP contribution in [0.4, 0.5) is 0 Å². The molecular formula is C23H26N6O4. The smallest absolute Gasteiger partial charge is 0.348 e. The highest BCUT2D eigenvalue weighted by molar-refractivity contribution is 5.91. The molecule has 1 aliphatic rings. The van der Waals surface area contributed by atoms with Crippen LogP contribution in [0.15, 0.2) is 60.9 Å². The van der Waals surface area contributed by atoms with E-state index in [0.29, 0.717) is 12.1 Å². The second kappa shape index (κ2) is 10.0. The quantitative estimate of drug-likeness (QED) is 0.372. The fraction of sp³-hybridized carbons (Fsp3) is 0.304. The standard InChI is InChI=1S/C23H26N6O4/c24-21(31)20(30)19(14-16-6-2-1-3-7-16)29(33)23(32)18-8-4-10-25-22(18)28-13-9-17(26-28)15-27-11-5-12-27/h1-4,6-10,13,19-20,29-30H,5,11-12,14-15H2,(H2,24,31). The van der Waals surface area contributed by atoms with Crippen molar-refractivity contribution in [2.24, 2.45) is 5.73 Å². The predicted octanol–water partition coefficient (Wildman–Crippen LogP) is -0.547. The summed E-state index contributed by atoms with van der Waals surface area (Å²) in [5.74, 6) is -1.72. The average molecular weight is 450 g/mol. The Kier molecular flexibility index (Phi) is 6.90. The van der Waals surface area contributed by atoms with Gasteiger partial charge in [-0.25, -0.2) is 14.5 Å². The van der Waals surface area contributed by atoms with Crippen molar-refractivity contribution >= 4 is 11.8 Å². The Balaban J connectivity index is 1.60. The number of carbonyl (C=O) groups is 2. The summed E-state index contributed by atoms with van der Waals surface area (Å²) in [5.41, 5.74) is 6.82. The van der Waals surface area contributed by atoms with Gasteiger partial charge >= 0.3 is 5.91 Å². The number of hydrogen-bond acceptors (Lipinski definition) is 7. The highest BCUT2D eigenvalue weighted by Crippen LogP contribution is 2.14. The molecule has 10 nitrogen and oxygen atoms in total. The maximum Gasteiger partial charge on any atom is 0.348 e. The maximum absolute atomic E-state index is 13.2. The third-order valence-corrected chi connectivity index (χ3v) is 5.76. The summed E-state index contributed by atoms with van der Waals surface area (Å²) in [6.07, 6.45) is 2.57. The minimum atomic E-state index is -1.80. The molecule has 2 amide bonds. The van der Waals surface area contributed by atoms with Crippen molar-refractivity contribution in [3.8, 4) is 5.82 Å². The molecule has 2 aromatic heterocycles. The first-order valence-electron chi connectivity index (χ1n) is 10.8. The number of nitrogens with one attached hydrogen (secondary N) is 1. The van der Waals surface area contributed by atoms with Crippen LogP contribution in [0.5, 0.6) is 0 Å². The molecule has 0 aliphatic carbocycles. The van der Waals surface area contributed by atoms with Crippen LogP contribution in [-0.2, 0) is 17.8 Å². The van der Waals surface area contributed by atoms with E-state index in [1.165, 1.54) is 23.4 Å². The minimum absolute atomic E-state index is 0.00708. The predicted molar refractivity (Wildman–Crippen MR) is 119 cm³/mol.